The summed E-state index contributed by atoms with van der Waals surface area (Å²) in [7, 11) is 2.88. The smallest absolute Gasteiger partial charge is 0.289 e. The quantitative estimate of drug-likeness (QED) is 0.330. The second kappa shape index (κ2) is 4.95. The maximum absolute atomic E-state index is 11.4. The first-order valence-electron chi connectivity index (χ1n) is 4.23. The molecule has 1 amide bonds. The lowest BCUT2D eigenvalue weighted by molar-refractivity contribution is -0.603. The molecular formula is C9H11ClN2O3. The van der Waals surface area contributed by atoms with Crippen LogP contribution in [0.25, 0.3) is 0 Å². The van der Waals surface area contributed by atoms with E-state index in [-0.39, 0.29) is 17.5 Å². The van der Waals surface area contributed by atoms with E-state index in [9.17, 15) is 10.0 Å². The van der Waals surface area contributed by atoms with Gasteiger partial charge in [0.1, 0.15) is 0 Å². The molecule has 1 aromatic rings. The average molecular weight is 231 g/mol. The van der Waals surface area contributed by atoms with E-state index in [1.807, 2.05) is 0 Å². The first-order chi connectivity index (χ1) is 7.06. The number of aromatic nitrogens is 1. The van der Waals surface area contributed by atoms with E-state index in [1.54, 1.807) is 6.07 Å². The van der Waals surface area contributed by atoms with Crippen molar-refractivity contribution in [1.82, 2.24) is 5.06 Å². The van der Waals surface area contributed by atoms with E-state index < -0.39 is 0 Å². The molecule has 6 heteroatoms. The number of nitrogens with zero attached hydrogens (tertiary/aromatic N) is 2. The van der Waals surface area contributed by atoms with Gasteiger partial charge in [-0.1, -0.05) is 0 Å². The highest BCUT2D eigenvalue weighted by molar-refractivity contribution is 6.29. The number of amides is 1. The summed E-state index contributed by atoms with van der Waals surface area (Å²) in [5, 5.41) is 12.2. The second-order valence-electron chi connectivity index (χ2n) is 2.90. The average Bonchev–Trinajstić information content (AvgIpc) is 2.23. The highest BCUT2D eigenvalue weighted by Crippen LogP contribution is 2.11. The van der Waals surface area contributed by atoms with E-state index in [1.165, 1.54) is 26.4 Å². The molecule has 0 bridgehead atoms. The van der Waals surface area contributed by atoms with E-state index in [0.29, 0.717) is 10.3 Å². The molecule has 0 aliphatic carbocycles. The maximum atomic E-state index is 11.4. The molecular weight excluding hydrogens is 220 g/mol. The lowest BCUT2D eigenvalue weighted by Crippen LogP contribution is -2.31. The van der Waals surface area contributed by atoms with Crippen molar-refractivity contribution in [3.05, 3.63) is 34.3 Å². The fraction of sp³-hybridized carbons (Fsp3) is 0.333. The fourth-order valence-corrected chi connectivity index (χ4v) is 1.21. The van der Waals surface area contributed by atoms with Crippen LogP contribution in [0.2, 0.25) is 5.15 Å². The Morgan fingerprint density at radius 1 is 1.73 bits per heavy atom. The summed E-state index contributed by atoms with van der Waals surface area (Å²) >= 11 is 5.72. The van der Waals surface area contributed by atoms with Gasteiger partial charge in [0.25, 0.3) is 11.1 Å². The zero-order chi connectivity index (χ0) is 11.4. The molecule has 0 spiro atoms. The van der Waals surface area contributed by atoms with Gasteiger partial charge in [0, 0.05) is 18.7 Å². The summed E-state index contributed by atoms with van der Waals surface area (Å²) < 4.78 is 0.511. The van der Waals surface area contributed by atoms with Gasteiger partial charge in [0.2, 0.25) is 0 Å². The van der Waals surface area contributed by atoms with Crippen molar-refractivity contribution < 1.29 is 14.4 Å². The van der Waals surface area contributed by atoms with Crippen molar-refractivity contribution in [3.8, 4) is 0 Å². The number of halogens is 1. The molecule has 0 radical (unpaired) electrons. The molecule has 15 heavy (non-hydrogen) atoms. The van der Waals surface area contributed by atoms with E-state index >= 15 is 0 Å². The second-order valence-corrected chi connectivity index (χ2v) is 3.26. The lowest BCUT2D eigenvalue weighted by atomic mass is 10.2. The first-order valence-corrected chi connectivity index (χ1v) is 4.61. The number of hydroxylamine groups is 2. The summed E-state index contributed by atoms with van der Waals surface area (Å²) in [6.45, 7) is 0. The van der Waals surface area contributed by atoms with Crippen LogP contribution in [-0.4, -0.2) is 25.1 Å². The minimum atomic E-state index is -0.273. The Bertz CT molecular complexity index is 370. The van der Waals surface area contributed by atoms with Crippen molar-refractivity contribution >= 4 is 17.5 Å². The minimum Gasteiger partial charge on any atom is -0.618 e. The number of rotatable bonds is 3. The number of carbonyl (C=O) groups excluding carboxylic acids is 1. The van der Waals surface area contributed by atoms with Crippen LogP contribution in [0.5, 0.6) is 0 Å². The van der Waals surface area contributed by atoms with Crippen molar-refractivity contribution in [2.75, 3.05) is 14.2 Å². The molecule has 0 aliphatic heterocycles. The van der Waals surface area contributed by atoms with Crippen molar-refractivity contribution in [1.29, 1.82) is 0 Å². The Hall–Kier alpha value is -1.33. The van der Waals surface area contributed by atoms with Gasteiger partial charge < -0.3 is 5.21 Å². The van der Waals surface area contributed by atoms with Crippen LogP contribution in [0.3, 0.4) is 0 Å². The molecule has 0 atom stereocenters. The maximum Gasteiger partial charge on any atom is 0.289 e. The van der Waals surface area contributed by atoms with Crippen LogP contribution < -0.4 is 4.73 Å². The molecule has 0 saturated heterocycles. The summed E-state index contributed by atoms with van der Waals surface area (Å²) in [5.41, 5.74) is 0.475. The summed E-state index contributed by atoms with van der Waals surface area (Å²) in [6, 6.07) is 3.16. The van der Waals surface area contributed by atoms with Crippen molar-refractivity contribution in [3.63, 3.8) is 0 Å². The molecule has 5 nitrogen and oxygen atoms in total. The third kappa shape index (κ3) is 2.81. The lowest BCUT2D eigenvalue weighted by Gasteiger charge is -2.13. The molecule has 0 saturated carbocycles. The summed E-state index contributed by atoms with van der Waals surface area (Å²) in [5.74, 6) is -0.273. The number of pyridine rings is 1. The van der Waals surface area contributed by atoms with Gasteiger partial charge in [0.15, 0.2) is 6.20 Å². The normalized spacial score (nSPS) is 10.1. The van der Waals surface area contributed by atoms with E-state index in [4.69, 9.17) is 16.4 Å². The highest BCUT2D eigenvalue weighted by Gasteiger charge is 2.15. The summed E-state index contributed by atoms with van der Waals surface area (Å²) in [4.78, 5) is 16.1. The Labute approximate surface area is 92.4 Å². The topological polar surface area (TPSA) is 56.5 Å². The molecule has 1 rings (SSSR count). The standard InChI is InChI=1S/C9H11ClN2O3/c1-11(15-2)8(13)6-7-4-3-5-12(14)9(7)10/h3-5H,6H2,1-2H3. The van der Waals surface area contributed by atoms with Crippen LogP contribution in [0.4, 0.5) is 0 Å². The van der Waals surface area contributed by atoms with Crippen molar-refractivity contribution in [2.45, 2.75) is 6.42 Å². The third-order valence-corrected chi connectivity index (χ3v) is 2.35. The number of hydrogen-bond donors (Lipinski definition) is 0. The Morgan fingerprint density at radius 2 is 2.40 bits per heavy atom. The van der Waals surface area contributed by atoms with Crippen LogP contribution >= 0.6 is 11.6 Å². The van der Waals surface area contributed by atoms with Gasteiger partial charge in [-0.05, 0) is 17.7 Å². The monoisotopic (exact) mass is 230 g/mol. The van der Waals surface area contributed by atoms with Gasteiger partial charge >= 0.3 is 0 Å². The molecule has 0 unspecified atom stereocenters. The Kier molecular flexibility index (Phi) is 3.88. The molecule has 82 valence electrons. The van der Waals surface area contributed by atoms with Crippen LogP contribution in [0.15, 0.2) is 18.3 Å². The van der Waals surface area contributed by atoms with Gasteiger partial charge in [-0.3, -0.25) is 9.63 Å². The van der Waals surface area contributed by atoms with Gasteiger partial charge in [-0.25, -0.2) is 5.06 Å². The number of likely N-dealkylation sites (N-methyl/N-ethyl adjacent to an activating group) is 1. The molecule has 0 aromatic carbocycles. The molecule has 1 heterocycles. The van der Waals surface area contributed by atoms with Gasteiger partial charge in [0.05, 0.1) is 13.5 Å². The Morgan fingerprint density at radius 3 is 3.00 bits per heavy atom. The molecule has 0 fully saturated rings. The van der Waals surface area contributed by atoms with E-state index in [0.717, 1.165) is 5.06 Å². The van der Waals surface area contributed by atoms with Crippen LogP contribution in [0.1, 0.15) is 5.56 Å². The largest absolute Gasteiger partial charge is 0.618 e. The van der Waals surface area contributed by atoms with Crippen LogP contribution in [0, 0.1) is 5.21 Å². The predicted molar refractivity (Wildman–Crippen MR) is 53.9 cm³/mol. The number of hydrogen-bond acceptors (Lipinski definition) is 3. The molecule has 0 N–H and O–H groups in total. The fourth-order valence-electron chi connectivity index (χ4n) is 1.02. The summed E-state index contributed by atoms with van der Waals surface area (Å²) in [6.07, 6.45) is 1.31. The highest BCUT2D eigenvalue weighted by atomic mass is 35.5. The third-order valence-electron chi connectivity index (χ3n) is 1.94. The zero-order valence-electron chi connectivity index (χ0n) is 8.44. The van der Waals surface area contributed by atoms with Crippen molar-refractivity contribution in [2.24, 2.45) is 0 Å². The molecule has 1 aromatic heterocycles. The Balaban J connectivity index is 2.81. The van der Waals surface area contributed by atoms with Crippen LogP contribution in [-0.2, 0) is 16.1 Å². The van der Waals surface area contributed by atoms with Gasteiger partial charge in [-0.2, -0.15) is 4.73 Å². The van der Waals surface area contributed by atoms with Gasteiger partial charge in [-0.15, -0.1) is 0 Å². The predicted octanol–water partition coefficient (Wildman–Crippen LogP) is 0.536. The first kappa shape index (κ1) is 11.7. The van der Waals surface area contributed by atoms with E-state index in [2.05, 4.69) is 0 Å². The molecule has 0 aliphatic rings. The minimum absolute atomic E-state index is 0.00959. The SMILES string of the molecule is CON(C)C(=O)Cc1ccc[n+]([O-])c1Cl. The zero-order valence-corrected chi connectivity index (χ0v) is 9.19. The number of carbonyl (C=O) groups is 1.